The number of ether oxygens (including phenoxy) is 1. The molecule has 0 aromatic rings. The third-order valence-corrected chi connectivity index (χ3v) is 2.87. The summed E-state index contributed by atoms with van der Waals surface area (Å²) in [6, 6.07) is 0. The molecule has 0 unspecified atom stereocenters. The lowest BCUT2D eigenvalue weighted by molar-refractivity contribution is -0.137. The molecule has 0 aliphatic rings. The predicted octanol–water partition coefficient (Wildman–Crippen LogP) is 4.99. The fourth-order valence-electron chi connectivity index (χ4n) is 1.67. The van der Waals surface area contributed by atoms with Gasteiger partial charge in [0.1, 0.15) is 0 Å². The van der Waals surface area contributed by atoms with Crippen molar-refractivity contribution in [2.45, 2.75) is 47.0 Å². The van der Waals surface area contributed by atoms with Crippen LogP contribution in [0.4, 0.5) is 0 Å². The molecule has 2 heteroatoms. The van der Waals surface area contributed by atoms with Gasteiger partial charge < -0.3 is 4.74 Å². The first-order valence-electron chi connectivity index (χ1n) is 7.39. The first kappa shape index (κ1) is 18.4. The molecule has 0 aliphatic heterocycles. The first-order chi connectivity index (χ1) is 9.60. The summed E-state index contributed by atoms with van der Waals surface area (Å²) in [5, 5.41) is 0. The van der Waals surface area contributed by atoms with Crippen LogP contribution in [0.2, 0.25) is 0 Å². The minimum absolute atomic E-state index is 0.275. The highest BCUT2D eigenvalue weighted by molar-refractivity contribution is 5.82. The highest BCUT2D eigenvalue weighted by Gasteiger charge is 1.98. The van der Waals surface area contributed by atoms with Crippen LogP contribution in [0.15, 0.2) is 48.1 Å². The van der Waals surface area contributed by atoms with Crippen molar-refractivity contribution < 1.29 is 9.53 Å². The monoisotopic (exact) mass is 276 g/mol. The van der Waals surface area contributed by atoms with Gasteiger partial charge in [0.2, 0.25) is 0 Å². The molecule has 0 rings (SSSR count). The summed E-state index contributed by atoms with van der Waals surface area (Å²) in [7, 11) is 0. The number of carbonyl (C=O) groups excluding carboxylic acids is 1. The van der Waals surface area contributed by atoms with Crippen molar-refractivity contribution in [1.29, 1.82) is 0 Å². The van der Waals surface area contributed by atoms with E-state index in [0.29, 0.717) is 12.5 Å². The second kappa shape index (κ2) is 12.5. The first-order valence-corrected chi connectivity index (χ1v) is 7.39. The molecule has 0 spiro atoms. The molecule has 0 saturated carbocycles. The standard InChI is InChI=1S/C18H28O2/c1-5-7-8-9-11-16(3)12-10-13-17(4)14-15-18(19)20-6-2/h5,7-9,13-16H,6,10-12H2,1-4H3/b7-5+,9-8+,15-14+,17-13+/t16-/m1/s1. The smallest absolute Gasteiger partial charge is 0.330 e. The maximum absolute atomic E-state index is 11.2. The molecular formula is C18H28O2. The zero-order valence-corrected chi connectivity index (χ0v) is 13.3. The van der Waals surface area contributed by atoms with Crippen molar-refractivity contribution in [1.82, 2.24) is 0 Å². The molecule has 0 fully saturated rings. The predicted molar refractivity (Wildman–Crippen MR) is 86.5 cm³/mol. The van der Waals surface area contributed by atoms with Gasteiger partial charge in [-0.05, 0) is 46.0 Å². The van der Waals surface area contributed by atoms with Gasteiger partial charge in [-0.1, -0.05) is 49.0 Å². The van der Waals surface area contributed by atoms with Crippen molar-refractivity contribution in [3.05, 3.63) is 48.1 Å². The number of hydrogen-bond acceptors (Lipinski definition) is 2. The Morgan fingerprint density at radius 2 is 2.00 bits per heavy atom. The summed E-state index contributed by atoms with van der Waals surface area (Å²) in [6.07, 6.45) is 17.2. The van der Waals surface area contributed by atoms with Crippen LogP contribution in [0.25, 0.3) is 0 Å². The van der Waals surface area contributed by atoms with Crippen molar-refractivity contribution >= 4 is 5.97 Å². The molecule has 0 amide bonds. The van der Waals surface area contributed by atoms with E-state index in [4.69, 9.17) is 4.74 Å². The van der Waals surface area contributed by atoms with Crippen LogP contribution in [0.5, 0.6) is 0 Å². The van der Waals surface area contributed by atoms with Crippen LogP contribution in [0.1, 0.15) is 47.0 Å². The van der Waals surface area contributed by atoms with E-state index >= 15 is 0 Å². The number of esters is 1. The van der Waals surface area contributed by atoms with E-state index in [1.807, 2.05) is 26.0 Å². The van der Waals surface area contributed by atoms with Crippen LogP contribution >= 0.6 is 0 Å². The molecule has 112 valence electrons. The number of hydrogen-bond donors (Lipinski definition) is 0. The van der Waals surface area contributed by atoms with Gasteiger partial charge in [-0.25, -0.2) is 4.79 Å². The third kappa shape index (κ3) is 11.5. The molecule has 1 atom stereocenters. The number of carbonyl (C=O) groups is 1. The van der Waals surface area contributed by atoms with Crippen LogP contribution < -0.4 is 0 Å². The Labute approximate surface area is 123 Å². The minimum Gasteiger partial charge on any atom is -0.463 e. The van der Waals surface area contributed by atoms with Crippen LogP contribution in [0, 0.1) is 5.92 Å². The average Bonchev–Trinajstić information content (AvgIpc) is 2.42. The highest BCUT2D eigenvalue weighted by Crippen LogP contribution is 2.12. The zero-order valence-electron chi connectivity index (χ0n) is 13.3. The van der Waals surface area contributed by atoms with Crippen molar-refractivity contribution in [2.24, 2.45) is 5.92 Å². The Balaban J connectivity index is 3.95. The Kier molecular flexibility index (Phi) is 11.5. The molecule has 0 N–H and O–H groups in total. The van der Waals surface area contributed by atoms with E-state index in [-0.39, 0.29) is 5.97 Å². The van der Waals surface area contributed by atoms with Crippen molar-refractivity contribution in [3.8, 4) is 0 Å². The Bertz CT molecular complexity index is 373. The molecule has 0 aromatic carbocycles. The van der Waals surface area contributed by atoms with E-state index in [1.165, 1.54) is 6.08 Å². The molecule has 2 nitrogen and oxygen atoms in total. The summed E-state index contributed by atoms with van der Waals surface area (Å²) in [6.45, 7) is 8.51. The maximum Gasteiger partial charge on any atom is 0.330 e. The van der Waals surface area contributed by atoms with E-state index in [9.17, 15) is 4.79 Å². The largest absolute Gasteiger partial charge is 0.463 e. The van der Waals surface area contributed by atoms with Gasteiger partial charge in [0.15, 0.2) is 0 Å². The van der Waals surface area contributed by atoms with E-state index in [2.05, 4.69) is 31.2 Å². The van der Waals surface area contributed by atoms with E-state index in [0.717, 1.165) is 24.8 Å². The van der Waals surface area contributed by atoms with E-state index in [1.54, 1.807) is 6.92 Å². The molecule has 20 heavy (non-hydrogen) atoms. The molecule has 0 saturated heterocycles. The molecule has 0 aromatic heterocycles. The van der Waals surface area contributed by atoms with Gasteiger partial charge >= 0.3 is 5.97 Å². The van der Waals surface area contributed by atoms with Crippen LogP contribution in [0.3, 0.4) is 0 Å². The second-order valence-corrected chi connectivity index (χ2v) is 4.91. The summed E-state index contributed by atoms with van der Waals surface area (Å²) in [5.41, 5.74) is 1.11. The molecule has 0 radical (unpaired) electrons. The highest BCUT2D eigenvalue weighted by atomic mass is 16.5. The lowest BCUT2D eigenvalue weighted by Crippen LogP contribution is -1.98. The Hall–Kier alpha value is -1.57. The van der Waals surface area contributed by atoms with Crippen LogP contribution in [-0.2, 0) is 9.53 Å². The lowest BCUT2D eigenvalue weighted by Gasteiger charge is -2.06. The Morgan fingerprint density at radius 3 is 2.65 bits per heavy atom. The van der Waals surface area contributed by atoms with E-state index < -0.39 is 0 Å². The van der Waals surface area contributed by atoms with Gasteiger partial charge in [-0.2, -0.15) is 0 Å². The fourth-order valence-corrected chi connectivity index (χ4v) is 1.67. The van der Waals surface area contributed by atoms with Gasteiger partial charge in [0, 0.05) is 6.08 Å². The quantitative estimate of drug-likeness (QED) is 0.337. The van der Waals surface area contributed by atoms with Crippen molar-refractivity contribution in [3.63, 3.8) is 0 Å². The van der Waals surface area contributed by atoms with Gasteiger partial charge in [-0.3, -0.25) is 0 Å². The Morgan fingerprint density at radius 1 is 1.25 bits per heavy atom. The van der Waals surface area contributed by atoms with Gasteiger partial charge in [0.25, 0.3) is 0 Å². The van der Waals surface area contributed by atoms with Crippen LogP contribution in [-0.4, -0.2) is 12.6 Å². The SMILES string of the molecule is C/C=C/C=C/C[C@@H](C)CC/C=C(C)/C=C/C(=O)OCC. The van der Waals surface area contributed by atoms with Crippen molar-refractivity contribution in [2.75, 3.05) is 6.61 Å². The third-order valence-electron chi connectivity index (χ3n) is 2.87. The summed E-state index contributed by atoms with van der Waals surface area (Å²) >= 11 is 0. The topological polar surface area (TPSA) is 26.3 Å². The molecule has 0 bridgehead atoms. The maximum atomic E-state index is 11.2. The molecule has 0 heterocycles. The summed E-state index contributed by atoms with van der Waals surface area (Å²) in [5.74, 6) is 0.400. The lowest BCUT2D eigenvalue weighted by atomic mass is 10.0. The number of rotatable bonds is 9. The van der Waals surface area contributed by atoms with Gasteiger partial charge in [0.05, 0.1) is 6.61 Å². The molecular weight excluding hydrogens is 248 g/mol. The normalized spacial score (nSPS) is 14.5. The zero-order chi connectivity index (χ0) is 15.2. The summed E-state index contributed by atoms with van der Waals surface area (Å²) in [4.78, 5) is 11.2. The number of allylic oxidation sites excluding steroid dienone is 7. The minimum atomic E-state index is -0.275. The van der Waals surface area contributed by atoms with Gasteiger partial charge in [-0.15, -0.1) is 0 Å². The average molecular weight is 276 g/mol. The molecule has 0 aliphatic carbocycles. The summed E-state index contributed by atoms with van der Waals surface area (Å²) < 4.78 is 4.83. The fraction of sp³-hybridized carbons (Fsp3) is 0.500. The second-order valence-electron chi connectivity index (χ2n) is 4.91.